The first-order valence-electron chi connectivity index (χ1n) is 8.15. The molecule has 0 aliphatic carbocycles. The molecule has 4 rings (SSSR count). The Labute approximate surface area is 150 Å². The van der Waals surface area contributed by atoms with E-state index < -0.39 is 21.4 Å². The number of hydrogen-bond acceptors (Lipinski definition) is 5. The number of nitrogens with zero attached hydrogens (tertiary/aromatic N) is 2. The van der Waals surface area contributed by atoms with Gasteiger partial charge in [-0.15, -0.1) is 11.3 Å². The van der Waals surface area contributed by atoms with Crippen molar-refractivity contribution < 1.29 is 18.3 Å². The first kappa shape index (κ1) is 17.0. The van der Waals surface area contributed by atoms with Gasteiger partial charge in [0.05, 0.1) is 11.7 Å². The first-order chi connectivity index (χ1) is 11.8. The van der Waals surface area contributed by atoms with Crippen molar-refractivity contribution in [2.75, 3.05) is 32.4 Å². The molecule has 0 amide bonds. The van der Waals surface area contributed by atoms with Crippen molar-refractivity contribution in [3.8, 4) is 0 Å². The highest BCUT2D eigenvalue weighted by atomic mass is 32.2. The van der Waals surface area contributed by atoms with Crippen LogP contribution in [-0.4, -0.2) is 61.1 Å². The first-order valence-corrected chi connectivity index (χ1v) is 10.9. The van der Waals surface area contributed by atoms with Crippen molar-refractivity contribution in [2.45, 2.75) is 6.54 Å². The number of benzene rings is 1. The Hall–Kier alpha value is -1.48. The van der Waals surface area contributed by atoms with Crippen LogP contribution in [0, 0.1) is 11.3 Å². The van der Waals surface area contributed by atoms with Crippen LogP contribution in [0.1, 0.15) is 5.56 Å². The standard InChI is InChI=1S/C17H20N2O4S2/c1-25(22,23)19-8-13-7-18(10-17(13,11-19)16(20)21)6-12-9-24-15-5-3-2-4-14(12)15/h2-5,9,13H,6-8,10-11H2,1H3,(H,20,21)/t13?,17-/m1/s1. The van der Waals surface area contributed by atoms with Gasteiger partial charge in [-0.25, -0.2) is 12.7 Å². The lowest BCUT2D eigenvalue weighted by atomic mass is 9.81. The Morgan fingerprint density at radius 2 is 2.08 bits per heavy atom. The van der Waals surface area contributed by atoms with Gasteiger partial charge in [-0.1, -0.05) is 18.2 Å². The number of hydrogen-bond donors (Lipinski definition) is 1. The SMILES string of the molecule is CS(=O)(=O)N1CC2CN(Cc3csc4ccccc34)C[C@@]2(C(=O)O)C1. The number of aliphatic carboxylic acids is 1. The van der Waals surface area contributed by atoms with Crippen LogP contribution in [0.25, 0.3) is 10.1 Å². The monoisotopic (exact) mass is 380 g/mol. The highest BCUT2D eigenvalue weighted by molar-refractivity contribution is 7.88. The zero-order chi connectivity index (χ0) is 17.8. The van der Waals surface area contributed by atoms with Crippen molar-refractivity contribution in [3.05, 3.63) is 35.2 Å². The lowest BCUT2D eigenvalue weighted by molar-refractivity contribution is -0.148. The minimum absolute atomic E-state index is 0.0761. The maximum atomic E-state index is 12.0. The molecule has 6 nitrogen and oxygen atoms in total. The quantitative estimate of drug-likeness (QED) is 0.873. The van der Waals surface area contributed by atoms with E-state index in [1.54, 1.807) is 11.3 Å². The van der Waals surface area contributed by atoms with Gasteiger partial charge in [0, 0.05) is 43.3 Å². The molecule has 25 heavy (non-hydrogen) atoms. The zero-order valence-electron chi connectivity index (χ0n) is 13.9. The molecule has 2 aliphatic rings. The van der Waals surface area contributed by atoms with E-state index in [0.29, 0.717) is 26.2 Å². The molecule has 1 aromatic carbocycles. The van der Waals surface area contributed by atoms with E-state index >= 15 is 0 Å². The third kappa shape index (κ3) is 2.77. The fourth-order valence-electron chi connectivity index (χ4n) is 4.19. The number of likely N-dealkylation sites (tertiary alicyclic amines) is 1. The third-order valence-electron chi connectivity index (χ3n) is 5.50. The summed E-state index contributed by atoms with van der Waals surface area (Å²) < 4.78 is 26.2. The summed E-state index contributed by atoms with van der Waals surface area (Å²) in [5, 5.41) is 13.2. The summed E-state index contributed by atoms with van der Waals surface area (Å²) in [5.74, 6) is -1.05. The smallest absolute Gasteiger partial charge is 0.312 e. The minimum atomic E-state index is -3.36. The average Bonchev–Trinajstić information content (AvgIpc) is 3.18. The normalized spacial score (nSPS) is 27.8. The largest absolute Gasteiger partial charge is 0.481 e. The summed E-state index contributed by atoms with van der Waals surface area (Å²) in [6.45, 7) is 2.08. The second-order valence-electron chi connectivity index (χ2n) is 7.14. The molecule has 0 radical (unpaired) electrons. The van der Waals surface area contributed by atoms with Crippen LogP contribution in [0.5, 0.6) is 0 Å². The molecule has 2 aromatic rings. The topological polar surface area (TPSA) is 77.9 Å². The predicted octanol–water partition coefficient (Wildman–Crippen LogP) is 1.68. The summed E-state index contributed by atoms with van der Waals surface area (Å²) in [6.07, 6.45) is 1.15. The number of carbonyl (C=O) groups is 1. The van der Waals surface area contributed by atoms with Gasteiger partial charge in [0.1, 0.15) is 0 Å². The molecule has 134 valence electrons. The van der Waals surface area contributed by atoms with Crippen LogP contribution in [0.3, 0.4) is 0 Å². The van der Waals surface area contributed by atoms with Crippen LogP contribution in [0.2, 0.25) is 0 Å². The highest BCUT2D eigenvalue weighted by Crippen LogP contribution is 2.44. The Balaban J connectivity index is 1.57. The summed E-state index contributed by atoms with van der Waals surface area (Å²) in [5.41, 5.74) is 0.218. The van der Waals surface area contributed by atoms with Gasteiger partial charge in [-0.3, -0.25) is 9.69 Å². The molecule has 0 saturated carbocycles. The Morgan fingerprint density at radius 1 is 1.32 bits per heavy atom. The fourth-order valence-corrected chi connectivity index (χ4v) is 6.06. The van der Waals surface area contributed by atoms with Crippen molar-refractivity contribution in [3.63, 3.8) is 0 Å². The van der Waals surface area contributed by atoms with Crippen molar-refractivity contribution >= 4 is 37.4 Å². The van der Waals surface area contributed by atoms with E-state index in [-0.39, 0.29) is 12.5 Å². The number of rotatable bonds is 4. The Bertz CT molecular complexity index is 939. The third-order valence-corrected chi connectivity index (χ3v) is 7.73. The number of fused-ring (bicyclic) bond motifs is 2. The maximum absolute atomic E-state index is 12.0. The molecule has 0 bridgehead atoms. The van der Waals surface area contributed by atoms with Crippen LogP contribution in [-0.2, 0) is 21.4 Å². The zero-order valence-corrected chi connectivity index (χ0v) is 15.5. The molecule has 8 heteroatoms. The molecule has 2 fully saturated rings. The predicted molar refractivity (Wildman–Crippen MR) is 97.1 cm³/mol. The van der Waals surface area contributed by atoms with Gasteiger partial charge in [-0.05, 0) is 22.4 Å². The van der Waals surface area contributed by atoms with Gasteiger partial charge >= 0.3 is 5.97 Å². The Kier molecular flexibility index (Phi) is 3.91. The summed E-state index contributed by atoms with van der Waals surface area (Å²) in [4.78, 5) is 14.2. The highest BCUT2D eigenvalue weighted by Gasteiger charge is 2.59. The minimum Gasteiger partial charge on any atom is -0.481 e. The molecule has 1 aromatic heterocycles. The van der Waals surface area contributed by atoms with E-state index in [9.17, 15) is 18.3 Å². The van der Waals surface area contributed by atoms with Gasteiger partial charge < -0.3 is 5.11 Å². The molecule has 2 atom stereocenters. The molecule has 2 saturated heterocycles. The Morgan fingerprint density at radius 3 is 2.76 bits per heavy atom. The number of thiophene rings is 1. The fraction of sp³-hybridized carbons (Fsp3) is 0.471. The van der Waals surface area contributed by atoms with Gasteiger partial charge in [-0.2, -0.15) is 0 Å². The van der Waals surface area contributed by atoms with Gasteiger partial charge in [0.25, 0.3) is 0 Å². The van der Waals surface area contributed by atoms with Crippen molar-refractivity contribution in [1.29, 1.82) is 0 Å². The summed E-state index contributed by atoms with van der Waals surface area (Å²) in [7, 11) is -3.36. The molecule has 0 spiro atoms. The van der Waals surface area contributed by atoms with Gasteiger partial charge in [0.2, 0.25) is 10.0 Å². The molecule has 1 N–H and O–H groups in total. The van der Waals surface area contributed by atoms with Crippen molar-refractivity contribution in [1.82, 2.24) is 9.21 Å². The van der Waals surface area contributed by atoms with Crippen LogP contribution >= 0.6 is 11.3 Å². The van der Waals surface area contributed by atoms with E-state index in [4.69, 9.17) is 0 Å². The maximum Gasteiger partial charge on any atom is 0.312 e. The lowest BCUT2D eigenvalue weighted by Crippen LogP contribution is -2.41. The van der Waals surface area contributed by atoms with Gasteiger partial charge in [0.15, 0.2) is 0 Å². The second kappa shape index (κ2) is 5.77. The number of carboxylic acid groups (broad SMARTS) is 1. The number of sulfonamides is 1. The lowest BCUT2D eigenvalue weighted by Gasteiger charge is -2.24. The molecule has 1 unspecified atom stereocenters. The van der Waals surface area contributed by atoms with Crippen LogP contribution in [0.4, 0.5) is 0 Å². The molecular weight excluding hydrogens is 360 g/mol. The van der Waals surface area contributed by atoms with E-state index in [1.807, 2.05) is 12.1 Å². The van der Waals surface area contributed by atoms with E-state index in [2.05, 4.69) is 22.4 Å². The number of carboxylic acids is 1. The van der Waals surface area contributed by atoms with E-state index in [0.717, 1.165) is 6.26 Å². The van der Waals surface area contributed by atoms with Crippen molar-refractivity contribution in [2.24, 2.45) is 11.3 Å². The van der Waals surface area contributed by atoms with Crippen LogP contribution in [0.15, 0.2) is 29.6 Å². The summed E-state index contributed by atoms with van der Waals surface area (Å²) in [6, 6.07) is 8.21. The summed E-state index contributed by atoms with van der Waals surface area (Å²) >= 11 is 1.70. The van der Waals surface area contributed by atoms with Crippen LogP contribution < -0.4 is 0 Å². The second-order valence-corrected chi connectivity index (χ2v) is 10.0. The molecular formula is C17H20N2O4S2. The average molecular weight is 380 g/mol. The molecule has 3 heterocycles. The van der Waals surface area contributed by atoms with E-state index in [1.165, 1.54) is 20.0 Å². The molecule has 2 aliphatic heterocycles.